The van der Waals surface area contributed by atoms with Gasteiger partial charge < -0.3 is 20.5 Å². The molecule has 2 rings (SSSR count). The van der Waals surface area contributed by atoms with Crippen LogP contribution in [0.2, 0.25) is 0 Å². The summed E-state index contributed by atoms with van der Waals surface area (Å²) in [5.74, 6) is -0.126. The molecule has 3 N–H and O–H groups in total. The molecule has 0 unspecified atom stereocenters. The molecule has 1 aliphatic heterocycles. The lowest BCUT2D eigenvalue weighted by Crippen LogP contribution is -2.39. The zero-order valence-corrected chi connectivity index (χ0v) is 9.52. The quantitative estimate of drug-likeness (QED) is 0.746. The number of carbonyl (C=O) groups is 1. The van der Waals surface area contributed by atoms with E-state index in [-0.39, 0.29) is 12.0 Å². The lowest BCUT2D eigenvalue weighted by molar-refractivity contribution is -0.0855. The molecule has 1 aliphatic rings. The highest BCUT2D eigenvalue weighted by Crippen LogP contribution is 2.05. The molecule has 1 aromatic rings. The molecular formula is C12H16N2O3. The maximum absolute atomic E-state index is 11.8. The lowest BCUT2D eigenvalue weighted by atomic mass is 10.2. The Morgan fingerprint density at radius 1 is 1.35 bits per heavy atom. The summed E-state index contributed by atoms with van der Waals surface area (Å²) in [4.78, 5) is 11.8. The van der Waals surface area contributed by atoms with Crippen molar-refractivity contribution in [3.8, 4) is 0 Å². The number of hydrogen-bond acceptors (Lipinski definition) is 4. The average molecular weight is 236 g/mol. The Labute approximate surface area is 99.9 Å². The first kappa shape index (κ1) is 11.9. The van der Waals surface area contributed by atoms with E-state index in [9.17, 15) is 4.79 Å². The van der Waals surface area contributed by atoms with Crippen LogP contribution in [0.15, 0.2) is 24.3 Å². The largest absolute Gasteiger partial charge is 0.399 e. The zero-order valence-electron chi connectivity index (χ0n) is 9.52. The minimum absolute atomic E-state index is 0.0542. The van der Waals surface area contributed by atoms with Gasteiger partial charge >= 0.3 is 0 Å². The minimum Gasteiger partial charge on any atom is -0.399 e. The van der Waals surface area contributed by atoms with E-state index >= 15 is 0 Å². The maximum Gasteiger partial charge on any atom is 0.251 e. The van der Waals surface area contributed by atoms with Crippen molar-refractivity contribution in [3.05, 3.63) is 29.8 Å². The second kappa shape index (κ2) is 5.65. The first-order valence-electron chi connectivity index (χ1n) is 5.59. The highest BCUT2D eigenvalue weighted by atomic mass is 16.6. The summed E-state index contributed by atoms with van der Waals surface area (Å²) < 4.78 is 10.7. The fourth-order valence-corrected chi connectivity index (χ4v) is 1.60. The molecule has 1 aromatic carbocycles. The van der Waals surface area contributed by atoms with Gasteiger partial charge in [0.15, 0.2) is 0 Å². The highest BCUT2D eigenvalue weighted by Gasteiger charge is 2.15. The number of hydrogen-bond donors (Lipinski definition) is 2. The van der Waals surface area contributed by atoms with Crippen LogP contribution in [0.3, 0.4) is 0 Å². The number of rotatable bonds is 3. The summed E-state index contributed by atoms with van der Waals surface area (Å²) >= 11 is 0. The second-order valence-corrected chi connectivity index (χ2v) is 3.90. The van der Waals surface area contributed by atoms with Crippen LogP contribution in [0.5, 0.6) is 0 Å². The first-order valence-corrected chi connectivity index (χ1v) is 5.59. The van der Waals surface area contributed by atoms with Crippen molar-refractivity contribution < 1.29 is 14.3 Å². The number of ether oxygens (including phenoxy) is 2. The van der Waals surface area contributed by atoms with Crippen LogP contribution in [0.25, 0.3) is 0 Å². The predicted octanol–water partition coefficient (Wildman–Crippen LogP) is 0.414. The molecule has 0 aliphatic carbocycles. The van der Waals surface area contributed by atoms with Gasteiger partial charge in [-0.25, -0.2) is 0 Å². The Balaban J connectivity index is 1.82. The van der Waals surface area contributed by atoms with E-state index in [1.165, 1.54) is 0 Å². The third kappa shape index (κ3) is 3.44. The Morgan fingerprint density at radius 3 is 2.76 bits per heavy atom. The Morgan fingerprint density at radius 2 is 2.12 bits per heavy atom. The molecule has 1 saturated heterocycles. The predicted molar refractivity (Wildman–Crippen MR) is 63.7 cm³/mol. The first-order chi connectivity index (χ1) is 8.25. The topological polar surface area (TPSA) is 73.6 Å². The fraction of sp³-hybridized carbons (Fsp3) is 0.417. The van der Waals surface area contributed by atoms with Crippen LogP contribution in [0.4, 0.5) is 5.69 Å². The van der Waals surface area contributed by atoms with Gasteiger partial charge in [-0.05, 0) is 24.3 Å². The molecule has 1 amide bonds. The Bertz CT molecular complexity index is 372. The van der Waals surface area contributed by atoms with Gasteiger partial charge in [0.1, 0.15) is 0 Å². The molecule has 0 spiro atoms. The van der Waals surface area contributed by atoms with Crippen LogP contribution in [0, 0.1) is 0 Å². The van der Waals surface area contributed by atoms with E-state index in [0.717, 1.165) is 0 Å². The standard InChI is InChI=1S/C12H16N2O3/c13-10-3-1-9(2-4-10)12(15)14-7-11-8-16-5-6-17-11/h1-4,11H,5-8,13H2,(H,14,15)/t11-/m1/s1. The van der Waals surface area contributed by atoms with Crippen molar-refractivity contribution in [2.45, 2.75) is 6.10 Å². The highest BCUT2D eigenvalue weighted by molar-refractivity contribution is 5.94. The average Bonchev–Trinajstić information content (AvgIpc) is 2.38. The second-order valence-electron chi connectivity index (χ2n) is 3.90. The van der Waals surface area contributed by atoms with E-state index in [0.29, 0.717) is 37.6 Å². The summed E-state index contributed by atoms with van der Waals surface area (Å²) in [7, 11) is 0. The molecule has 1 atom stereocenters. The van der Waals surface area contributed by atoms with E-state index in [2.05, 4.69) is 5.32 Å². The van der Waals surface area contributed by atoms with E-state index in [4.69, 9.17) is 15.2 Å². The van der Waals surface area contributed by atoms with Gasteiger partial charge in [0.2, 0.25) is 0 Å². The molecule has 17 heavy (non-hydrogen) atoms. The van der Waals surface area contributed by atoms with Crippen molar-refractivity contribution in [1.29, 1.82) is 0 Å². The Hall–Kier alpha value is -1.59. The van der Waals surface area contributed by atoms with Crippen LogP contribution in [0.1, 0.15) is 10.4 Å². The molecule has 0 radical (unpaired) electrons. The number of anilines is 1. The van der Waals surface area contributed by atoms with E-state index < -0.39 is 0 Å². The maximum atomic E-state index is 11.8. The SMILES string of the molecule is Nc1ccc(C(=O)NC[C@@H]2COCCO2)cc1. The van der Waals surface area contributed by atoms with Gasteiger partial charge in [0, 0.05) is 17.8 Å². The molecule has 5 heteroatoms. The molecule has 0 aromatic heterocycles. The van der Waals surface area contributed by atoms with E-state index in [1.54, 1.807) is 24.3 Å². The van der Waals surface area contributed by atoms with Gasteiger partial charge in [0.05, 0.1) is 25.9 Å². The number of nitrogen functional groups attached to an aromatic ring is 1. The van der Waals surface area contributed by atoms with Crippen molar-refractivity contribution in [3.63, 3.8) is 0 Å². The number of amides is 1. The molecule has 5 nitrogen and oxygen atoms in total. The fourth-order valence-electron chi connectivity index (χ4n) is 1.60. The van der Waals surface area contributed by atoms with Gasteiger partial charge in [-0.15, -0.1) is 0 Å². The summed E-state index contributed by atoms with van der Waals surface area (Å²) in [6.45, 7) is 2.20. The van der Waals surface area contributed by atoms with Gasteiger partial charge in [-0.3, -0.25) is 4.79 Å². The zero-order chi connectivity index (χ0) is 12.1. The lowest BCUT2D eigenvalue weighted by Gasteiger charge is -2.23. The smallest absolute Gasteiger partial charge is 0.251 e. The van der Waals surface area contributed by atoms with E-state index in [1.807, 2.05) is 0 Å². The summed E-state index contributed by atoms with van der Waals surface area (Å²) in [5, 5.41) is 2.80. The molecular weight excluding hydrogens is 220 g/mol. The van der Waals surface area contributed by atoms with Crippen LogP contribution in [-0.2, 0) is 9.47 Å². The minimum atomic E-state index is -0.126. The third-order valence-corrected chi connectivity index (χ3v) is 2.55. The molecule has 92 valence electrons. The normalized spacial score (nSPS) is 19.9. The molecule has 0 saturated carbocycles. The van der Waals surface area contributed by atoms with Crippen molar-refractivity contribution >= 4 is 11.6 Å². The molecule has 0 bridgehead atoms. The summed E-state index contributed by atoms with van der Waals surface area (Å²) in [5.41, 5.74) is 6.79. The monoisotopic (exact) mass is 236 g/mol. The van der Waals surface area contributed by atoms with Gasteiger partial charge in [-0.2, -0.15) is 0 Å². The van der Waals surface area contributed by atoms with Gasteiger partial charge in [0.25, 0.3) is 5.91 Å². The van der Waals surface area contributed by atoms with Gasteiger partial charge in [-0.1, -0.05) is 0 Å². The van der Waals surface area contributed by atoms with Crippen LogP contribution in [-0.4, -0.2) is 38.4 Å². The number of benzene rings is 1. The molecule has 1 fully saturated rings. The number of carbonyl (C=O) groups excluding carboxylic acids is 1. The third-order valence-electron chi connectivity index (χ3n) is 2.55. The summed E-state index contributed by atoms with van der Waals surface area (Å²) in [6, 6.07) is 6.80. The Kier molecular flexibility index (Phi) is 3.95. The van der Waals surface area contributed by atoms with Crippen molar-refractivity contribution in [1.82, 2.24) is 5.32 Å². The number of nitrogens with two attached hydrogens (primary N) is 1. The van der Waals surface area contributed by atoms with Crippen molar-refractivity contribution in [2.75, 3.05) is 32.1 Å². The summed E-state index contributed by atoms with van der Waals surface area (Å²) in [6.07, 6.45) is -0.0542. The van der Waals surface area contributed by atoms with Crippen LogP contribution >= 0.6 is 0 Å². The van der Waals surface area contributed by atoms with Crippen molar-refractivity contribution in [2.24, 2.45) is 0 Å². The van der Waals surface area contributed by atoms with Crippen LogP contribution < -0.4 is 11.1 Å². The molecule has 1 heterocycles. The number of nitrogens with one attached hydrogen (secondary N) is 1.